The lowest BCUT2D eigenvalue weighted by atomic mass is 10.2. The molecule has 0 radical (unpaired) electrons. The molecular weight excluding hydrogens is 336 g/mol. The van der Waals surface area contributed by atoms with E-state index in [1.54, 1.807) is 4.90 Å². The topological polar surface area (TPSA) is 93.2 Å². The van der Waals surface area contributed by atoms with E-state index in [4.69, 9.17) is 4.74 Å². The molecule has 24 heavy (non-hydrogen) atoms. The van der Waals surface area contributed by atoms with Gasteiger partial charge in [0.1, 0.15) is 6.54 Å². The van der Waals surface area contributed by atoms with Gasteiger partial charge in [0.05, 0.1) is 37.8 Å². The van der Waals surface area contributed by atoms with Gasteiger partial charge in [-0.1, -0.05) is 0 Å². The second-order valence-corrected chi connectivity index (χ2v) is 7.21. The molecular formula is C15H20N2O6S. The normalized spacial score (nSPS) is 15.0. The minimum atomic E-state index is -3.65. The maximum Gasteiger partial charge on any atom is 0.337 e. The monoisotopic (exact) mass is 356 g/mol. The average molecular weight is 356 g/mol. The summed E-state index contributed by atoms with van der Waals surface area (Å²) in [5, 5.41) is 0. The molecule has 0 aromatic heterocycles. The number of esters is 1. The molecule has 1 amide bonds. The molecule has 1 aliphatic rings. The Morgan fingerprint density at radius 3 is 2.29 bits per heavy atom. The van der Waals surface area contributed by atoms with Crippen molar-refractivity contribution in [3.05, 3.63) is 29.8 Å². The number of benzene rings is 1. The zero-order valence-electron chi connectivity index (χ0n) is 13.6. The molecule has 2 rings (SSSR count). The summed E-state index contributed by atoms with van der Waals surface area (Å²) < 4.78 is 34.9. The Hall–Kier alpha value is -2.13. The number of rotatable bonds is 5. The Balaban J connectivity index is 2.19. The molecule has 1 aromatic carbocycles. The molecule has 1 heterocycles. The number of ether oxygens (including phenoxy) is 2. The van der Waals surface area contributed by atoms with Crippen molar-refractivity contribution in [2.24, 2.45) is 0 Å². The van der Waals surface area contributed by atoms with Gasteiger partial charge in [-0.3, -0.25) is 9.10 Å². The third kappa shape index (κ3) is 4.45. The van der Waals surface area contributed by atoms with Crippen LogP contribution in [-0.4, -0.2) is 71.4 Å². The van der Waals surface area contributed by atoms with E-state index in [0.717, 1.165) is 10.6 Å². The fraction of sp³-hybridized carbons (Fsp3) is 0.467. The first-order valence-electron chi connectivity index (χ1n) is 7.34. The van der Waals surface area contributed by atoms with Crippen molar-refractivity contribution in [2.75, 3.05) is 50.5 Å². The third-order valence-electron chi connectivity index (χ3n) is 3.62. The summed E-state index contributed by atoms with van der Waals surface area (Å²) in [6, 6.07) is 5.86. The fourth-order valence-electron chi connectivity index (χ4n) is 2.32. The molecule has 9 heteroatoms. The largest absolute Gasteiger partial charge is 0.465 e. The van der Waals surface area contributed by atoms with Gasteiger partial charge >= 0.3 is 5.97 Å². The van der Waals surface area contributed by atoms with E-state index < -0.39 is 16.0 Å². The zero-order valence-corrected chi connectivity index (χ0v) is 14.4. The van der Waals surface area contributed by atoms with Crippen molar-refractivity contribution < 1.29 is 27.5 Å². The van der Waals surface area contributed by atoms with Crippen molar-refractivity contribution in [1.29, 1.82) is 0 Å². The van der Waals surface area contributed by atoms with Crippen LogP contribution in [0, 0.1) is 0 Å². The van der Waals surface area contributed by atoms with E-state index in [1.807, 2.05) is 0 Å². The molecule has 1 aliphatic heterocycles. The number of hydrogen-bond donors (Lipinski definition) is 0. The molecule has 0 aliphatic carbocycles. The van der Waals surface area contributed by atoms with E-state index >= 15 is 0 Å². The Labute approximate surface area is 141 Å². The molecule has 0 N–H and O–H groups in total. The van der Waals surface area contributed by atoms with Crippen LogP contribution in [0.2, 0.25) is 0 Å². The Morgan fingerprint density at radius 2 is 1.79 bits per heavy atom. The second kappa shape index (κ2) is 7.63. The summed E-state index contributed by atoms with van der Waals surface area (Å²) >= 11 is 0. The lowest BCUT2D eigenvalue weighted by molar-refractivity contribution is -0.133. The average Bonchev–Trinajstić information content (AvgIpc) is 2.58. The number of anilines is 1. The third-order valence-corrected chi connectivity index (χ3v) is 4.76. The summed E-state index contributed by atoms with van der Waals surface area (Å²) in [5.74, 6) is -0.808. The number of nitrogens with zero attached hydrogens (tertiary/aromatic N) is 2. The SMILES string of the molecule is COC(=O)c1ccc(N(CC(=O)N2CCOCC2)S(C)(=O)=O)cc1. The number of methoxy groups -OCH3 is 1. The van der Waals surface area contributed by atoms with Gasteiger partial charge in [0.2, 0.25) is 15.9 Å². The van der Waals surface area contributed by atoms with Gasteiger partial charge in [-0.05, 0) is 24.3 Å². The first-order valence-corrected chi connectivity index (χ1v) is 9.19. The van der Waals surface area contributed by atoms with Crippen LogP contribution in [0.15, 0.2) is 24.3 Å². The minimum Gasteiger partial charge on any atom is -0.465 e. The molecule has 1 aromatic rings. The van der Waals surface area contributed by atoms with Gasteiger partial charge < -0.3 is 14.4 Å². The predicted octanol–water partition coefficient (Wildman–Crippen LogP) is 0.0980. The molecule has 0 unspecified atom stereocenters. The predicted molar refractivity (Wildman–Crippen MR) is 87.4 cm³/mol. The summed E-state index contributed by atoms with van der Waals surface area (Å²) in [7, 11) is -2.39. The maximum absolute atomic E-state index is 12.3. The lowest BCUT2D eigenvalue weighted by Gasteiger charge is -2.30. The van der Waals surface area contributed by atoms with Crippen molar-refractivity contribution in [3.8, 4) is 0 Å². The van der Waals surface area contributed by atoms with Crippen LogP contribution in [0.25, 0.3) is 0 Å². The second-order valence-electron chi connectivity index (χ2n) is 5.30. The molecule has 1 saturated heterocycles. The van der Waals surface area contributed by atoms with Crippen LogP contribution in [0.4, 0.5) is 5.69 Å². The Bertz CT molecular complexity index is 695. The number of amides is 1. The Morgan fingerprint density at radius 1 is 1.21 bits per heavy atom. The minimum absolute atomic E-state index is 0.291. The summed E-state index contributed by atoms with van der Waals surface area (Å²) in [6.07, 6.45) is 1.04. The molecule has 0 bridgehead atoms. The molecule has 0 atom stereocenters. The highest BCUT2D eigenvalue weighted by atomic mass is 32.2. The van der Waals surface area contributed by atoms with Gasteiger partial charge in [-0.15, -0.1) is 0 Å². The van der Waals surface area contributed by atoms with E-state index in [-0.39, 0.29) is 12.5 Å². The zero-order chi connectivity index (χ0) is 17.7. The van der Waals surface area contributed by atoms with Crippen LogP contribution < -0.4 is 4.31 Å². The van der Waals surface area contributed by atoms with Gasteiger partial charge in [0.25, 0.3) is 0 Å². The van der Waals surface area contributed by atoms with Crippen molar-refractivity contribution in [3.63, 3.8) is 0 Å². The highest BCUT2D eigenvalue weighted by Crippen LogP contribution is 2.19. The van der Waals surface area contributed by atoms with Gasteiger partial charge in [-0.25, -0.2) is 13.2 Å². The molecule has 0 saturated carbocycles. The Kier molecular flexibility index (Phi) is 5.79. The fourth-order valence-corrected chi connectivity index (χ4v) is 3.17. The van der Waals surface area contributed by atoms with Gasteiger partial charge in [0.15, 0.2) is 0 Å². The van der Waals surface area contributed by atoms with Gasteiger partial charge in [-0.2, -0.15) is 0 Å². The number of carbonyl (C=O) groups excluding carboxylic acids is 2. The van der Waals surface area contributed by atoms with Gasteiger partial charge in [0, 0.05) is 13.1 Å². The maximum atomic E-state index is 12.3. The van der Waals surface area contributed by atoms with Crippen LogP contribution in [0.3, 0.4) is 0 Å². The summed E-state index contributed by atoms with van der Waals surface area (Å²) in [4.78, 5) is 25.4. The number of sulfonamides is 1. The first-order chi connectivity index (χ1) is 11.3. The van der Waals surface area contributed by atoms with E-state index in [0.29, 0.717) is 37.6 Å². The standard InChI is InChI=1S/C15H20N2O6S/c1-22-15(19)12-3-5-13(6-4-12)17(24(2,20)21)11-14(18)16-7-9-23-10-8-16/h3-6H,7-11H2,1-2H3. The molecule has 1 fully saturated rings. The highest BCUT2D eigenvalue weighted by molar-refractivity contribution is 7.92. The smallest absolute Gasteiger partial charge is 0.337 e. The number of hydrogen-bond acceptors (Lipinski definition) is 6. The van der Waals surface area contributed by atoms with E-state index in [1.165, 1.54) is 31.4 Å². The van der Waals surface area contributed by atoms with Crippen LogP contribution in [-0.2, 0) is 24.3 Å². The van der Waals surface area contributed by atoms with Crippen LogP contribution >= 0.6 is 0 Å². The van der Waals surface area contributed by atoms with Crippen molar-refractivity contribution >= 4 is 27.6 Å². The van der Waals surface area contributed by atoms with E-state index in [2.05, 4.69) is 4.74 Å². The lowest BCUT2D eigenvalue weighted by Crippen LogP contribution is -2.47. The summed E-state index contributed by atoms with van der Waals surface area (Å²) in [6.45, 7) is 1.47. The highest BCUT2D eigenvalue weighted by Gasteiger charge is 2.25. The molecule has 8 nitrogen and oxygen atoms in total. The molecule has 132 valence electrons. The van der Waals surface area contributed by atoms with Crippen LogP contribution in [0.1, 0.15) is 10.4 Å². The number of morpholine rings is 1. The van der Waals surface area contributed by atoms with Crippen LogP contribution in [0.5, 0.6) is 0 Å². The van der Waals surface area contributed by atoms with Crippen molar-refractivity contribution in [1.82, 2.24) is 4.90 Å². The summed E-state index contributed by atoms with van der Waals surface area (Å²) in [5.41, 5.74) is 0.612. The number of carbonyl (C=O) groups is 2. The first kappa shape index (κ1) is 18.2. The molecule has 0 spiro atoms. The van der Waals surface area contributed by atoms with E-state index in [9.17, 15) is 18.0 Å². The van der Waals surface area contributed by atoms with Crippen molar-refractivity contribution in [2.45, 2.75) is 0 Å². The quantitative estimate of drug-likeness (QED) is 0.695.